The predicted octanol–water partition coefficient (Wildman–Crippen LogP) is 1.53. The summed E-state index contributed by atoms with van der Waals surface area (Å²) in [5, 5.41) is 8.83. The first kappa shape index (κ1) is 13.9. The van der Waals surface area contributed by atoms with Crippen LogP contribution in [-0.4, -0.2) is 34.8 Å². The van der Waals surface area contributed by atoms with E-state index >= 15 is 0 Å². The van der Waals surface area contributed by atoms with E-state index in [1.54, 1.807) is 0 Å². The third kappa shape index (κ3) is 3.98. The molecule has 1 amide bonds. The van der Waals surface area contributed by atoms with Gasteiger partial charge in [-0.05, 0) is 24.6 Å². The summed E-state index contributed by atoms with van der Waals surface area (Å²) in [6.07, 6.45) is 0.219. The topological polar surface area (TPSA) is 89.1 Å². The Morgan fingerprint density at radius 3 is 3.00 bits per heavy atom. The van der Waals surface area contributed by atoms with E-state index in [0.29, 0.717) is 6.61 Å². The van der Waals surface area contributed by atoms with Crippen molar-refractivity contribution in [2.45, 2.75) is 13.3 Å². The molecule has 0 unspecified atom stereocenters. The van der Waals surface area contributed by atoms with Crippen LogP contribution in [0.3, 0.4) is 0 Å². The zero-order chi connectivity index (χ0) is 14.4. The molecule has 0 aliphatic rings. The molecule has 0 spiro atoms. The Bertz CT molecular complexity index is 583. The molecule has 0 radical (unpaired) electrons. The number of H-pyrrole nitrogens is 1. The third-order valence-electron chi connectivity index (χ3n) is 2.49. The lowest BCUT2D eigenvalue weighted by Gasteiger charge is -2.06. The van der Waals surface area contributed by atoms with E-state index in [4.69, 9.17) is 9.47 Å². The zero-order valence-electron chi connectivity index (χ0n) is 11.3. The molecule has 0 aliphatic heterocycles. The van der Waals surface area contributed by atoms with E-state index in [2.05, 4.69) is 20.5 Å². The number of ether oxygens (including phenoxy) is 2. The lowest BCUT2D eigenvalue weighted by Crippen LogP contribution is -2.16. The van der Waals surface area contributed by atoms with Gasteiger partial charge in [-0.25, -0.2) is 5.10 Å². The summed E-state index contributed by atoms with van der Waals surface area (Å²) in [5.74, 6) is 0.790. The van der Waals surface area contributed by atoms with E-state index in [0.717, 1.165) is 11.3 Å². The summed E-state index contributed by atoms with van der Waals surface area (Å²) in [6, 6.07) is 7.84. The quantitative estimate of drug-likeness (QED) is 0.835. The molecule has 0 bridgehead atoms. The highest BCUT2D eigenvalue weighted by Gasteiger charge is 2.07. The Kier molecular flexibility index (Phi) is 4.54. The molecule has 0 fully saturated rings. The molecule has 20 heavy (non-hydrogen) atoms. The SMILES string of the molecule is COc1n[nH]c(NC(=O)CCOc2cccc(C)c2)n1. The molecule has 0 saturated carbocycles. The first-order valence-electron chi connectivity index (χ1n) is 6.13. The van der Waals surface area contributed by atoms with Crippen molar-refractivity contribution in [3.05, 3.63) is 29.8 Å². The average Bonchev–Trinajstić information content (AvgIpc) is 2.86. The minimum absolute atomic E-state index is 0.177. The van der Waals surface area contributed by atoms with Crippen molar-refractivity contribution in [2.75, 3.05) is 19.0 Å². The van der Waals surface area contributed by atoms with Crippen LogP contribution in [-0.2, 0) is 4.79 Å². The fourth-order valence-electron chi connectivity index (χ4n) is 1.55. The monoisotopic (exact) mass is 276 g/mol. The molecule has 106 valence electrons. The Morgan fingerprint density at radius 2 is 2.30 bits per heavy atom. The van der Waals surface area contributed by atoms with Gasteiger partial charge < -0.3 is 9.47 Å². The molecule has 0 atom stereocenters. The van der Waals surface area contributed by atoms with Crippen molar-refractivity contribution < 1.29 is 14.3 Å². The van der Waals surface area contributed by atoms with Gasteiger partial charge in [0.2, 0.25) is 11.9 Å². The lowest BCUT2D eigenvalue weighted by molar-refractivity contribution is -0.116. The largest absolute Gasteiger partial charge is 0.493 e. The smallest absolute Gasteiger partial charge is 0.336 e. The van der Waals surface area contributed by atoms with Gasteiger partial charge in [0.05, 0.1) is 20.1 Å². The number of carbonyl (C=O) groups is 1. The van der Waals surface area contributed by atoms with Crippen molar-refractivity contribution >= 4 is 11.9 Å². The summed E-state index contributed by atoms with van der Waals surface area (Å²) in [4.78, 5) is 15.5. The number of benzene rings is 1. The van der Waals surface area contributed by atoms with Crippen LogP contribution in [0.4, 0.5) is 5.95 Å². The minimum Gasteiger partial charge on any atom is -0.493 e. The van der Waals surface area contributed by atoms with Crippen LogP contribution in [0.2, 0.25) is 0 Å². The van der Waals surface area contributed by atoms with Crippen LogP contribution < -0.4 is 14.8 Å². The molecule has 7 heteroatoms. The number of hydrogen-bond acceptors (Lipinski definition) is 5. The summed E-state index contributed by atoms with van der Waals surface area (Å²) < 4.78 is 10.3. The molecule has 1 aromatic heterocycles. The molecule has 1 heterocycles. The van der Waals surface area contributed by atoms with Gasteiger partial charge in [0.1, 0.15) is 5.75 Å². The number of hydrogen-bond donors (Lipinski definition) is 2. The number of nitrogens with one attached hydrogen (secondary N) is 2. The maximum absolute atomic E-state index is 11.6. The van der Waals surface area contributed by atoms with E-state index in [1.807, 2.05) is 31.2 Å². The Balaban J connectivity index is 1.75. The standard InChI is InChI=1S/C13H16N4O3/c1-9-4-3-5-10(8-9)20-7-6-11(18)14-12-15-13(19-2)17-16-12/h3-5,8H,6-7H2,1-2H3,(H2,14,15,16,17,18). The van der Waals surface area contributed by atoms with Crippen molar-refractivity contribution in [3.8, 4) is 11.8 Å². The van der Waals surface area contributed by atoms with Gasteiger partial charge in [-0.3, -0.25) is 10.1 Å². The summed E-state index contributed by atoms with van der Waals surface area (Å²) in [5.41, 5.74) is 1.11. The van der Waals surface area contributed by atoms with E-state index in [1.165, 1.54) is 7.11 Å². The van der Waals surface area contributed by atoms with Crippen LogP contribution in [0.25, 0.3) is 0 Å². The number of amides is 1. The number of aryl methyl sites for hydroxylation is 1. The van der Waals surface area contributed by atoms with E-state index in [9.17, 15) is 4.79 Å². The lowest BCUT2D eigenvalue weighted by atomic mass is 10.2. The highest BCUT2D eigenvalue weighted by Crippen LogP contribution is 2.12. The van der Waals surface area contributed by atoms with Crippen LogP contribution >= 0.6 is 0 Å². The zero-order valence-corrected chi connectivity index (χ0v) is 11.3. The molecular formula is C13H16N4O3. The van der Waals surface area contributed by atoms with Gasteiger partial charge in [-0.2, -0.15) is 4.98 Å². The predicted molar refractivity (Wildman–Crippen MR) is 72.9 cm³/mol. The van der Waals surface area contributed by atoms with Crippen LogP contribution in [0.5, 0.6) is 11.8 Å². The number of anilines is 1. The molecule has 2 rings (SSSR count). The van der Waals surface area contributed by atoms with Crippen molar-refractivity contribution in [2.24, 2.45) is 0 Å². The van der Waals surface area contributed by atoms with Gasteiger partial charge in [0, 0.05) is 0 Å². The fraction of sp³-hybridized carbons (Fsp3) is 0.308. The van der Waals surface area contributed by atoms with Gasteiger partial charge in [0.15, 0.2) is 0 Å². The number of carbonyl (C=O) groups excluding carboxylic acids is 1. The molecule has 7 nitrogen and oxygen atoms in total. The van der Waals surface area contributed by atoms with Gasteiger partial charge >= 0.3 is 6.01 Å². The van der Waals surface area contributed by atoms with Gasteiger partial charge in [0.25, 0.3) is 0 Å². The first-order chi connectivity index (χ1) is 9.67. The Labute approximate surface area is 116 Å². The first-order valence-corrected chi connectivity index (χ1v) is 6.13. The minimum atomic E-state index is -0.212. The van der Waals surface area contributed by atoms with Crippen molar-refractivity contribution in [1.82, 2.24) is 15.2 Å². The summed E-state index contributed by atoms with van der Waals surface area (Å²) in [6.45, 7) is 2.28. The number of aromatic nitrogens is 3. The maximum atomic E-state index is 11.6. The second kappa shape index (κ2) is 6.55. The number of methoxy groups -OCH3 is 1. The van der Waals surface area contributed by atoms with E-state index < -0.39 is 0 Å². The van der Waals surface area contributed by atoms with Gasteiger partial charge in [-0.15, -0.1) is 5.10 Å². The second-order valence-corrected chi connectivity index (χ2v) is 4.13. The summed E-state index contributed by atoms with van der Waals surface area (Å²) >= 11 is 0. The molecule has 2 N–H and O–H groups in total. The second-order valence-electron chi connectivity index (χ2n) is 4.13. The molecule has 0 aliphatic carbocycles. The third-order valence-corrected chi connectivity index (χ3v) is 2.49. The van der Waals surface area contributed by atoms with Crippen molar-refractivity contribution in [3.63, 3.8) is 0 Å². The average molecular weight is 276 g/mol. The fourth-order valence-corrected chi connectivity index (χ4v) is 1.55. The number of aromatic amines is 1. The highest BCUT2D eigenvalue weighted by atomic mass is 16.5. The maximum Gasteiger partial charge on any atom is 0.336 e. The van der Waals surface area contributed by atoms with Crippen LogP contribution in [0.15, 0.2) is 24.3 Å². The number of rotatable bonds is 6. The van der Waals surface area contributed by atoms with Crippen molar-refractivity contribution in [1.29, 1.82) is 0 Å². The molecule has 0 saturated heterocycles. The Hall–Kier alpha value is -2.57. The highest BCUT2D eigenvalue weighted by molar-refractivity contribution is 5.88. The van der Waals surface area contributed by atoms with Gasteiger partial charge in [-0.1, -0.05) is 12.1 Å². The van der Waals surface area contributed by atoms with Crippen LogP contribution in [0, 0.1) is 6.92 Å². The van der Waals surface area contributed by atoms with Crippen LogP contribution in [0.1, 0.15) is 12.0 Å². The Morgan fingerprint density at radius 1 is 1.45 bits per heavy atom. The molecule has 2 aromatic rings. The molecule has 1 aromatic carbocycles. The molecular weight excluding hydrogens is 260 g/mol. The normalized spacial score (nSPS) is 10.1. The summed E-state index contributed by atoms with van der Waals surface area (Å²) in [7, 11) is 1.45. The number of nitrogens with zero attached hydrogens (tertiary/aromatic N) is 2. The van der Waals surface area contributed by atoms with E-state index in [-0.39, 0.29) is 24.3 Å².